The van der Waals surface area contributed by atoms with Gasteiger partial charge in [-0.2, -0.15) is 0 Å². The van der Waals surface area contributed by atoms with Crippen LogP contribution in [0.2, 0.25) is 0 Å². The van der Waals surface area contributed by atoms with Crippen molar-refractivity contribution in [1.82, 2.24) is 4.90 Å². The molecule has 1 N–H and O–H groups in total. The normalized spacial score (nSPS) is 18.2. The van der Waals surface area contributed by atoms with Gasteiger partial charge in [0.25, 0.3) is 0 Å². The first-order valence-electron chi connectivity index (χ1n) is 11.4. The Balaban J connectivity index is 1.66. The molecule has 0 atom stereocenters. The van der Waals surface area contributed by atoms with E-state index in [9.17, 15) is 5.11 Å². The monoisotopic (exact) mass is 437 g/mol. The fourth-order valence-electron chi connectivity index (χ4n) is 4.05. The molecular formula is C30H31NO2. The molecule has 2 aliphatic carbocycles. The first kappa shape index (κ1) is 23.9. The van der Waals surface area contributed by atoms with Crippen molar-refractivity contribution in [2.45, 2.75) is 12.8 Å². The molecular weight excluding hydrogens is 406 g/mol. The lowest BCUT2D eigenvalue weighted by Gasteiger charge is -2.22. The number of phenols is 1. The number of hydrogen-bond donors (Lipinski definition) is 1. The Bertz CT molecular complexity index is 886. The quantitative estimate of drug-likeness (QED) is 0.516. The lowest BCUT2D eigenvalue weighted by Crippen LogP contribution is -2.19. The van der Waals surface area contributed by atoms with Crippen LogP contribution in [0, 0.1) is 63.2 Å². The van der Waals surface area contributed by atoms with Crippen molar-refractivity contribution in [3.05, 3.63) is 128 Å². The predicted molar refractivity (Wildman–Crippen MR) is 135 cm³/mol. The molecule has 2 aromatic rings. The second-order valence-electron chi connectivity index (χ2n) is 8.54. The predicted octanol–water partition coefficient (Wildman–Crippen LogP) is 5.73. The van der Waals surface area contributed by atoms with Crippen LogP contribution in [-0.2, 0) is 0 Å². The van der Waals surface area contributed by atoms with E-state index < -0.39 is 0 Å². The third-order valence-corrected chi connectivity index (χ3v) is 5.81. The Morgan fingerprint density at radius 3 is 1.97 bits per heavy atom. The first-order valence-corrected chi connectivity index (χ1v) is 11.4. The van der Waals surface area contributed by atoms with Crippen LogP contribution in [0.5, 0.6) is 11.5 Å². The highest BCUT2D eigenvalue weighted by Crippen LogP contribution is 2.42. The summed E-state index contributed by atoms with van der Waals surface area (Å²) in [6, 6.07) is 15.9. The van der Waals surface area contributed by atoms with Crippen LogP contribution in [0.3, 0.4) is 0 Å². The molecule has 2 aromatic carbocycles. The fraction of sp³-hybridized carbons (Fsp3) is 0.200. The molecule has 0 aromatic heterocycles. The summed E-state index contributed by atoms with van der Waals surface area (Å²) < 4.78 is 5.91. The number of aromatic hydroxyl groups is 1. The van der Waals surface area contributed by atoms with Gasteiger partial charge in [-0.05, 0) is 125 Å². The number of rotatable bonds is 10. The minimum atomic E-state index is 0.273. The van der Waals surface area contributed by atoms with Gasteiger partial charge in [-0.1, -0.05) is 29.8 Å². The van der Waals surface area contributed by atoms with Crippen LogP contribution in [0.25, 0.3) is 5.57 Å². The van der Waals surface area contributed by atoms with Crippen LogP contribution in [0.1, 0.15) is 24.0 Å². The molecule has 2 fully saturated rings. The van der Waals surface area contributed by atoms with Gasteiger partial charge in [-0.15, -0.1) is 0 Å². The van der Waals surface area contributed by atoms with E-state index in [0.717, 1.165) is 36.3 Å². The topological polar surface area (TPSA) is 32.7 Å². The molecule has 10 radical (unpaired) electrons. The lowest BCUT2D eigenvalue weighted by atomic mass is 9.82. The van der Waals surface area contributed by atoms with E-state index in [1.54, 1.807) is 12.1 Å². The summed E-state index contributed by atoms with van der Waals surface area (Å²) in [5, 5.41) is 9.88. The zero-order valence-corrected chi connectivity index (χ0v) is 19.4. The summed E-state index contributed by atoms with van der Waals surface area (Å²) in [6.45, 7) is 1.54. The lowest BCUT2D eigenvalue weighted by molar-refractivity contribution is 0.261. The molecule has 0 aliphatic heterocycles. The second-order valence-corrected chi connectivity index (χ2v) is 8.54. The standard InChI is InChI=1S/C30H31NO2/c1-31(2)21-22-33-28-18-14-26(15-19-28)30(25-12-16-27(32)17-13-25)29(24-9-5-6-10-24)20-11-23-7-3-4-8-23/h3-10,12-19,32H,11,20-22H2,1-2H3/b30-29+. The molecule has 0 spiro atoms. The number of ether oxygens (including phenoxy) is 1. The molecule has 0 unspecified atom stereocenters. The van der Waals surface area contributed by atoms with Gasteiger partial charge in [0, 0.05) is 12.5 Å². The zero-order chi connectivity index (χ0) is 23.0. The maximum absolute atomic E-state index is 9.88. The van der Waals surface area contributed by atoms with Crippen LogP contribution < -0.4 is 4.74 Å². The number of likely N-dealkylation sites (N-methyl/N-ethyl adjacent to an activating group) is 1. The summed E-state index contributed by atoms with van der Waals surface area (Å²) >= 11 is 0. The highest BCUT2D eigenvalue weighted by atomic mass is 16.5. The summed E-state index contributed by atoms with van der Waals surface area (Å²) in [5.74, 6) is 3.72. The maximum atomic E-state index is 9.88. The molecule has 33 heavy (non-hydrogen) atoms. The van der Waals surface area contributed by atoms with Crippen LogP contribution >= 0.6 is 0 Å². The van der Waals surface area contributed by atoms with Crippen molar-refractivity contribution in [2.24, 2.45) is 0 Å². The van der Waals surface area contributed by atoms with E-state index in [-0.39, 0.29) is 5.75 Å². The summed E-state index contributed by atoms with van der Waals surface area (Å²) in [6.07, 6.45) is 19.0. The molecule has 2 aliphatic rings. The van der Waals surface area contributed by atoms with Gasteiger partial charge < -0.3 is 14.7 Å². The number of allylic oxidation sites excluding steroid dienone is 1. The minimum absolute atomic E-state index is 0.273. The second kappa shape index (κ2) is 11.7. The van der Waals surface area contributed by atoms with Gasteiger partial charge in [0.1, 0.15) is 18.1 Å². The molecule has 0 heterocycles. The summed E-state index contributed by atoms with van der Waals surface area (Å²) in [5.41, 5.74) is 4.72. The molecule has 168 valence electrons. The van der Waals surface area contributed by atoms with Gasteiger partial charge in [0.05, 0.1) is 0 Å². The Kier molecular flexibility index (Phi) is 8.50. The number of phenolic OH excluding ortho intramolecular Hbond substituents is 1. The van der Waals surface area contributed by atoms with Crippen molar-refractivity contribution in [3.63, 3.8) is 0 Å². The van der Waals surface area contributed by atoms with Crippen molar-refractivity contribution >= 4 is 5.57 Å². The average Bonchev–Trinajstić information content (AvgIpc) is 3.53. The summed E-state index contributed by atoms with van der Waals surface area (Å²) in [7, 11) is 4.09. The smallest absolute Gasteiger partial charge is 0.119 e. The number of nitrogens with zero attached hydrogens (tertiary/aromatic N) is 1. The van der Waals surface area contributed by atoms with Crippen LogP contribution in [0.15, 0.2) is 54.1 Å². The zero-order valence-electron chi connectivity index (χ0n) is 19.4. The van der Waals surface area contributed by atoms with Gasteiger partial charge in [0.2, 0.25) is 0 Å². The fourth-order valence-corrected chi connectivity index (χ4v) is 4.05. The van der Waals surface area contributed by atoms with E-state index in [2.05, 4.69) is 68.4 Å². The molecule has 3 nitrogen and oxygen atoms in total. The van der Waals surface area contributed by atoms with Crippen molar-refractivity contribution in [1.29, 1.82) is 0 Å². The Morgan fingerprint density at radius 2 is 1.36 bits per heavy atom. The van der Waals surface area contributed by atoms with Gasteiger partial charge in [-0.25, -0.2) is 0 Å². The molecule has 2 saturated carbocycles. The molecule has 0 bridgehead atoms. The van der Waals surface area contributed by atoms with E-state index in [0.29, 0.717) is 6.61 Å². The minimum Gasteiger partial charge on any atom is -0.508 e. The van der Waals surface area contributed by atoms with Crippen LogP contribution in [-0.4, -0.2) is 37.3 Å². The highest BCUT2D eigenvalue weighted by molar-refractivity contribution is 5.85. The summed E-state index contributed by atoms with van der Waals surface area (Å²) in [4.78, 5) is 2.11. The van der Waals surface area contributed by atoms with E-state index >= 15 is 0 Å². The number of benzene rings is 2. The average molecular weight is 438 g/mol. The van der Waals surface area contributed by atoms with E-state index in [1.165, 1.54) is 23.0 Å². The van der Waals surface area contributed by atoms with Gasteiger partial charge >= 0.3 is 0 Å². The first-order chi connectivity index (χ1) is 16.1. The van der Waals surface area contributed by atoms with E-state index in [1.807, 2.05) is 38.4 Å². The SMILES string of the molecule is CN(C)CCOc1ccc(/C(=C(\CC[C]2[CH][CH][CH][CH]2)[C]2[CH][CH][CH][CH]2)c2ccc(O)cc2)cc1. The Labute approximate surface area is 200 Å². The van der Waals surface area contributed by atoms with E-state index in [4.69, 9.17) is 4.74 Å². The third-order valence-electron chi connectivity index (χ3n) is 5.81. The van der Waals surface area contributed by atoms with Gasteiger partial charge in [0.15, 0.2) is 0 Å². The van der Waals surface area contributed by atoms with Crippen molar-refractivity contribution in [3.8, 4) is 11.5 Å². The largest absolute Gasteiger partial charge is 0.508 e. The highest BCUT2D eigenvalue weighted by Gasteiger charge is 2.27. The molecule has 4 rings (SSSR count). The molecule has 0 amide bonds. The Morgan fingerprint density at radius 1 is 0.788 bits per heavy atom. The van der Waals surface area contributed by atoms with Crippen molar-refractivity contribution in [2.75, 3.05) is 27.2 Å². The van der Waals surface area contributed by atoms with Crippen LogP contribution in [0.4, 0.5) is 0 Å². The molecule has 3 heteroatoms. The van der Waals surface area contributed by atoms with Gasteiger partial charge in [-0.3, -0.25) is 0 Å². The maximum Gasteiger partial charge on any atom is 0.119 e. The Hall–Kier alpha value is -2.26. The number of hydrogen-bond acceptors (Lipinski definition) is 3. The third kappa shape index (κ3) is 6.63. The molecule has 0 saturated heterocycles. The van der Waals surface area contributed by atoms with Crippen molar-refractivity contribution < 1.29 is 9.84 Å².